The van der Waals surface area contributed by atoms with Crippen molar-refractivity contribution in [2.24, 2.45) is 0 Å². The van der Waals surface area contributed by atoms with E-state index in [9.17, 15) is 23.1 Å². The molecule has 1 aliphatic rings. The smallest absolute Gasteiger partial charge is 0.419 e. The number of piperazine rings is 1. The number of aromatic nitrogens is 2. The molecule has 0 saturated carbocycles. The molecule has 2 rings (SSSR count). The first-order chi connectivity index (χ1) is 9.82. The molecule has 10 heteroatoms. The second-order valence-corrected chi connectivity index (χ2v) is 4.53. The van der Waals surface area contributed by atoms with Crippen LogP contribution in [-0.4, -0.2) is 63.5 Å². The van der Waals surface area contributed by atoms with Crippen LogP contribution >= 0.6 is 0 Å². The maximum absolute atomic E-state index is 12.4. The minimum atomic E-state index is -4.52. The van der Waals surface area contributed by atoms with Crippen molar-refractivity contribution in [2.75, 3.05) is 31.1 Å². The third kappa shape index (κ3) is 3.32. The van der Waals surface area contributed by atoms with Gasteiger partial charge in [0.05, 0.1) is 18.2 Å². The van der Waals surface area contributed by atoms with Crippen LogP contribution in [0.3, 0.4) is 0 Å². The second kappa shape index (κ2) is 5.72. The Morgan fingerprint density at radius 3 is 2.43 bits per heavy atom. The van der Waals surface area contributed by atoms with Crippen molar-refractivity contribution >= 4 is 12.0 Å². The van der Waals surface area contributed by atoms with Gasteiger partial charge in [0, 0.05) is 32.0 Å². The monoisotopic (exact) mass is 306 g/mol. The van der Waals surface area contributed by atoms with Crippen molar-refractivity contribution in [3.63, 3.8) is 0 Å². The fraction of sp³-hybridized carbons (Fsp3) is 0.545. The number of amides is 1. The molecule has 2 N–H and O–H groups in total. The highest BCUT2D eigenvalue weighted by Gasteiger charge is 2.33. The summed E-state index contributed by atoms with van der Waals surface area (Å²) in [7, 11) is 0. The molecule has 1 saturated heterocycles. The van der Waals surface area contributed by atoms with Crippen LogP contribution in [0.15, 0.2) is 12.4 Å². The molecule has 0 aromatic carbocycles. The van der Waals surface area contributed by atoms with E-state index >= 15 is 0 Å². The van der Waals surface area contributed by atoms with E-state index in [1.807, 2.05) is 0 Å². The van der Waals surface area contributed by atoms with Gasteiger partial charge in [-0.15, -0.1) is 0 Å². The highest BCUT2D eigenvalue weighted by molar-refractivity contribution is 5.65. The first-order valence-electron chi connectivity index (χ1n) is 6.07. The van der Waals surface area contributed by atoms with Gasteiger partial charge in [-0.2, -0.15) is 13.2 Å². The number of halogens is 3. The molecule has 2 heterocycles. The van der Waals surface area contributed by atoms with E-state index in [0.29, 0.717) is 12.4 Å². The lowest BCUT2D eigenvalue weighted by molar-refractivity contribution is -0.138. The Morgan fingerprint density at radius 2 is 1.95 bits per heavy atom. The highest BCUT2D eigenvalue weighted by atomic mass is 19.4. The summed E-state index contributed by atoms with van der Waals surface area (Å²) >= 11 is 0. The third-order valence-corrected chi connectivity index (χ3v) is 3.19. The van der Waals surface area contributed by atoms with E-state index in [2.05, 4.69) is 9.97 Å². The van der Waals surface area contributed by atoms with Crippen molar-refractivity contribution in [3.8, 4) is 0 Å². The van der Waals surface area contributed by atoms with Crippen molar-refractivity contribution in [3.05, 3.63) is 18.0 Å². The van der Waals surface area contributed by atoms with Gasteiger partial charge in [0.25, 0.3) is 0 Å². The molecular weight excluding hydrogens is 293 g/mol. The van der Waals surface area contributed by atoms with Gasteiger partial charge in [0.15, 0.2) is 0 Å². The Morgan fingerprint density at radius 1 is 1.33 bits per heavy atom. The zero-order valence-corrected chi connectivity index (χ0v) is 10.8. The van der Waals surface area contributed by atoms with Crippen LogP contribution in [0.25, 0.3) is 0 Å². The summed E-state index contributed by atoms with van der Waals surface area (Å²) in [5.74, 6) is 0.0343. The van der Waals surface area contributed by atoms with E-state index in [1.165, 1.54) is 4.90 Å². The van der Waals surface area contributed by atoms with Gasteiger partial charge in [-0.3, -0.25) is 0 Å². The minimum Gasteiger partial charge on any atom is -0.465 e. The van der Waals surface area contributed by atoms with Crippen LogP contribution in [0.1, 0.15) is 5.56 Å². The third-order valence-electron chi connectivity index (χ3n) is 3.19. The fourth-order valence-electron chi connectivity index (χ4n) is 2.06. The predicted molar refractivity (Wildman–Crippen MR) is 64.9 cm³/mol. The van der Waals surface area contributed by atoms with Gasteiger partial charge in [0.2, 0.25) is 5.95 Å². The van der Waals surface area contributed by atoms with Crippen molar-refractivity contribution in [1.82, 2.24) is 14.9 Å². The van der Waals surface area contributed by atoms with Crippen LogP contribution in [-0.2, 0) is 6.18 Å². The summed E-state index contributed by atoms with van der Waals surface area (Å²) < 4.78 is 37.3. The molecule has 0 radical (unpaired) electrons. The predicted octanol–water partition coefficient (Wildman–Crippen LogP) is 0.656. The molecule has 1 atom stereocenters. The summed E-state index contributed by atoms with van der Waals surface area (Å²) in [5, 5.41) is 18.2. The van der Waals surface area contributed by atoms with Crippen LogP contribution in [0.2, 0.25) is 0 Å². The lowest BCUT2D eigenvalue weighted by Crippen LogP contribution is -2.56. The molecule has 21 heavy (non-hydrogen) atoms. The lowest BCUT2D eigenvalue weighted by atomic mass is 10.2. The van der Waals surface area contributed by atoms with E-state index in [-0.39, 0.29) is 32.2 Å². The van der Waals surface area contributed by atoms with Gasteiger partial charge in [-0.25, -0.2) is 14.8 Å². The molecule has 1 aromatic rings. The maximum Gasteiger partial charge on any atom is 0.419 e. The standard InChI is InChI=1S/C11H13F3N4O3/c12-11(13,14)7-3-15-9(16-4-7)18-2-1-17(10(20)21)5-8(18)6-19/h3-4,8,19H,1-2,5-6H2,(H,20,21). The second-order valence-electron chi connectivity index (χ2n) is 4.53. The molecule has 0 spiro atoms. The molecule has 0 bridgehead atoms. The quantitative estimate of drug-likeness (QED) is 0.834. The van der Waals surface area contributed by atoms with Gasteiger partial charge in [-0.1, -0.05) is 0 Å². The van der Waals surface area contributed by atoms with Crippen molar-refractivity contribution in [2.45, 2.75) is 12.2 Å². The Bertz CT molecular complexity index is 508. The van der Waals surface area contributed by atoms with E-state index in [4.69, 9.17) is 5.11 Å². The highest BCUT2D eigenvalue weighted by Crippen LogP contribution is 2.28. The zero-order valence-electron chi connectivity index (χ0n) is 10.8. The molecule has 0 aliphatic carbocycles. The number of carbonyl (C=O) groups is 1. The van der Waals surface area contributed by atoms with E-state index < -0.39 is 23.9 Å². The maximum atomic E-state index is 12.4. The number of aliphatic hydroxyl groups excluding tert-OH is 1. The van der Waals surface area contributed by atoms with Crippen LogP contribution in [0.5, 0.6) is 0 Å². The molecule has 1 aliphatic heterocycles. The largest absolute Gasteiger partial charge is 0.465 e. The average molecular weight is 306 g/mol. The van der Waals surface area contributed by atoms with E-state index in [0.717, 1.165) is 4.90 Å². The summed E-state index contributed by atoms with van der Waals surface area (Å²) in [6.07, 6.45) is -4.29. The molecule has 1 amide bonds. The Labute approximate surface area is 117 Å². The van der Waals surface area contributed by atoms with Gasteiger partial charge >= 0.3 is 12.3 Å². The number of alkyl halides is 3. The zero-order chi connectivity index (χ0) is 15.6. The Kier molecular flexibility index (Phi) is 4.16. The number of aliphatic hydroxyl groups is 1. The molecule has 1 aromatic heterocycles. The molecular formula is C11H13F3N4O3. The summed E-state index contributed by atoms with van der Waals surface area (Å²) in [5.41, 5.74) is -0.962. The Balaban J connectivity index is 2.16. The molecule has 1 unspecified atom stereocenters. The van der Waals surface area contributed by atoms with Gasteiger partial charge in [-0.05, 0) is 0 Å². The topological polar surface area (TPSA) is 89.8 Å². The summed E-state index contributed by atoms with van der Waals surface area (Å²) in [4.78, 5) is 20.8. The first kappa shape index (κ1) is 15.3. The molecule has 1 fully saturated rings. The number of hydrogen-bond acceptors (Lipinski definition) is 5. The van der Waals surface area contributed by atoms with Gasteiger partial charge in [0.1, 0.15) is 0 Å². The Hall–Kier alpha value is -2.10. The lowest BCUT2D eigenvalue weighted by Gasteiger charge is -2.39. The number of nitrogens with zero attached hydrogens (tertiary/aromatic N) is 4. The average Bonchev–Trinajstić information content (AvgIpc) is 2.45. The SMILES string of the molecule is O=C(O)N1CCN(c2ncc(C(F)(F)F)cn2)C(CO)C1. The van der Waals surface area contributed by atoms with Gasteiger partial charge < -0.3 is 20.0 Å². The number of hydrogen-bond donors (Lipinski definition) is 2. The van der Waals surface area contributed by atoms with E-state index in [1.54, 1.807) is 0 Å². The normalized spacial score (nSPS) is 19.7. The number of anilines is 1. The van der Waals surface area contributed by atoms with Crippen LogP contribution in [0, 0.1) is 0 Å². The van der Waals surface area contributed by atoms with Crippen LogP contribution < -0.4 is 4.90 Å². The van der Waals surface area contributed by atoms with Crippen molar-refractivity contribution in [1.29, 1.82) is 0 Å². The number of carboxylic acid groups (broad SMARTS) is 1. The van der Waals surface area contributed by atoms with Crippen LogP contribution in [0.4, 0.5) is 23.9 Å². The summed E-state index contributed by atoms with van der Waals surface area (Å²) in [6.45, 7) is 0.0451. The summed E-state index contributed by atoms with van der Waals surface area (Å²) in [6, 6.07) is -0.591. The molecule has 7 nitrogen and oxygen atoms in total. The number of rotatable bonds is 2. The first-order valence-corrected chi connectivity index (χ1v) is 6.07. The molecule has 116 valence electrons. The van der Waals surface area contributed by atoms with Crippen molar-refractivity contribution < 1.29 is 28.2 Å². The minimum absolute atomic E-state index is 0.0343. The fourth-order valence-corrected chi connectivity index (χ4v) is 2.06.